The van der Waals surface area contributed by atoms with Crippen LogP contribution in [0.15, 0.2) is 4.99 Å². The number of ether oxygens (including phenoxy) is 1. The highest BCUT2D eigenvalue weighted by atomic mass is 16.5. The molecule has 0 aromatic heterocycles. The molecule has 0 aromatic rings. The van der Waals surface area contributed by atoms with Crippen molar-refractivity contribution >= 4 is 12.0 Å². The molecule has 0 aliphatic heterocycles. The number of esters is 1. The first-order valence-corrected chi connectivity index (χ1v) is 4.32. The van der Waals surface area contributed by atoms with Gasteiger partial charge in [0.05, 0.1) is 6.54 Å². The summed E-state index contributed by atoms with van der Waals surface area (Å²) in [6.45, 7) is 3.54. The van der Waals surface area contributed by atoms with Crippen LogP contribution in [0.25, 0.3) is 0 Å². The first-order chi connectivity index (χ1) is 6.31. The van der Waals surface area contributed by atoms with Crippen molar-refractivity contribution in [3.63, 3.8) is 0 Å². The van der Waals surface area contributed by atoms with Crippen molar-refractivity contribution in [3.8, 4) is 0 Å². The van der Waals surface area contributed by atoms with Gasteiger partial charge in [-0.2, -0.15) is 0 Å². The van der Waals surface area contributed by atoms with E-state index < -0.39 is 0 Å². The van der Waals surface area contributed by atoms with Gasteiger partial charge in [-0.25, -0.2) is 9.79 Å². The predicted octanol–water partition coefficient (Wildman–Crippen LogP) is 1.61. The van der Waals surface area contributed by atoms with Crippen molar-refractivity contribution in [3.05, 3.63) is 6.61 Å². The van der Waals surface area contributed by atoms with E-state index in [2.05, 4.69) is 9.73 Å². The van der Waals surface area contributed by atoms with Gasteiger partial charge in [-0.05, 0) is 19.8 Å². The van der Waals surface area contributed by atoms with E-state index in [1.165, 1.54) is 12.7 Å². The Balaban J connectivity index is 3.15. The zero-order valence-electron chi connectivity index (χ0n) is 7.78. The van der Waals surface area contributed by atoms with Crippen LogP contribution in [0.1, 0.15) is 32.6 Å². The number of hydrogen-bond donors (Lipinski definition) is 0. The lowest BCUT2D eigenvalue weighted by Gasteiger charge is -1.99. The van der Waals surface area contributed by atoms with Crippen LogP contribution >= 0.6 is 0 Å². The molecular weight excluding hydrogens is 170 g/mol. The number of hydrogen-bond acceptors (Lipinski definition) is 4. The summed E-state index contributed by atoms with van der Waals surface area (Å²) in [5.41, 5.74) is 0. The molecule has 0 aliphatic carbocycles. The largest absolute Gasteiger partial charge is 0.459 e. The molecule has 0 amide bonds. The van der Waals surface area contributed by atoms with E-state index >= 15 is 0 Å². The van der Waals surface area contributed by atoms with Crippen molar-refractivity contribution in [1.82, 2.24) is 0 Å². The molecule has 0 N–H and O–H groups in total. The molecule has 0 atom stereocenters. The van der Waals surface area contributed by atoms with Gasteiger partial charge in [-0.1, -0.05) is 6.42 Å². The van der Waals surface area contributed by atoms with Crippen LogP contribution < -0.4 is 0 Å². The van der Waals surface area contributed by atoms with Gasteiger partial charge in [0.1, 0.15) is 6.61 Å². The highest BCUT2D eigenvalue weighted by molar-refractivity contribution is 5.69. The second-order valence-corrected chi connectivity index (χ2v) is 2.51. The molecule has 13 heavy (non-hydrogen) atoms. The second kappa shape index (κ2) is 8.94. The standard InChI is InChI=1S/C9H14NO3/c1-2-13-9(12)6-4-3-5-7-10-8-11/h2H,3-7H2,1H3. The van der Waals surface area contributed by atoms with Crippen LogP contribution in [-0.4, -0.2) is 18.6 Å². The van der Waals surface area contributed by atoms with E-state index in [0.717, 1.165) is 19.3 Å². The molecule has 1 radical (unpaired) electrons. The maximum Gasteiger partial charge on any atom is 0.306 e. The fourth-order valence-corrected chi connectivity index (χ4v) is 0.873. The topological polar surface area (TPSA) is 55.7 Å². The van der Waals surface area contributed by atoms with Gasteiger partial charge in [-0.15, -0.1) is 0 Å². The Morgan fingerprint density at radius 2 is 2.23 bits per heavy atom. The lowest BCUT2D eigenvalue weighted by Crippen LogP contribution is -2.00. The summed E-state index contributed by atoms with van der Waals surface area (Å²) in [7, 11) is 0. The minimum Gasteiger partial charge on any atom is -0.459 e. The highest BCUT2D eigenvalue weighted by Gasteiger charge is 2.00. The first-order valence-electron chi connectivity index (χ1n) is 4.32. The Morgan fingerprint density at radius 3 is 2.85 bits per heavy atom. The SMILES string of the molecule is C[CH]OC(=O)CCCCCN=C=O. The van der Waals surface area contributed by atoms with Gasteiger partial charge in [0.15, 0.2) is 0 Å². The lowest BCUT2D eigenvalue weighted by molar-refractivity contribution is -0.140. The molecule has 0 fully saturated rings. The molecular formula is C9H14NO3. The monoisotopic (exact) mass is 184 g/mol. The Kier molecular flexibility index (Phi) is 8.15. The molecule has 0 aliphatic rings. The number of isocyanates is 1. The maximum absolute atomic E-state index is 10.8. The van der Waals surface area contributed by atoms with Crippen molar-refractivity contribution in [2.24, 2.45) is 4.99 Å². The Labute approximate surface area is 78.0 Å². The molecule has 73 valence electrons. The quantitative estimate of drug-likeness (QED) is 0.261. The molecule has 0 spiro atoms. The number of carbonyl (C=O) groups excluding carboxylic acids is 2. The summed E-state index contributed by atoms with van der Waals surface area (Å²) in [5, 5.41) is 0. The normalized spacial score (nSPS) is 9.00. The first kappa shape index (κ1) is 11.8. The summed E-state index contributed by atoms with van der Waals surface area (Å²) in [6, 6.07) is 0. The Hall–Kier alpha value is -1.15. The fourth-order valence-electron chi connectivity index (χ4n) is 0.873. The molecule has 0 bridgehead atoms. The summed E-state index contributed by atoms with van der Waals surface area (Å²) in [6.07, 6.45) is 4.37. The third-order valence-electron chi connectivity index (χ3n) is 1.46. The fraction of sp³-hybridized carbons (Fsp3) is 0.667. The molecule has 4 heteroatoms. The maximum atomic E-state index is 10.8. The number of aliphatic imine (C=N–C) groups is 1. The van der Waals surface area contributed by atoms with Crippen molar-refractivity contribution in [1.29, 1.82) is 0 Å². The van der Waals surface area contributed by atoms with Gasteiger partial charge in [0.2, 0.25) is 6.08 Å². The molecule has 0 saturated carbocycles. The predicted molar refractivity (Wildman–Crippen MR) is 47.5 cm³/mol. The van der Waals surface area contributed by atoms with Gasteiger partial charge in [0.25, 0.3) is 0 Å². The molecule has 0 aromatic carbocycles. The van der Waals surface area contributed by atoms with Crippen molar-refractivity contribution in [2.75, 3.05) is 6.54 Å². The van der Waals surface area contributed by atoms with Gasteiger partial charge in [-0.3, -0.25) is 4.79 Å². The van der Waals surface area contributed by atoms with Crippen molar-refractivity contribution < 1.29 is 14.3 Å². The molecule has 0 saturated heterocycles. The van der Waals surface area contributed by atoms with Crippen LogP contribution in [0.2, 0.25) is 0 Å². The molecule has 0 rings (SSSR count). The van der Waals surface area contributed by atoms with Gasteiger partial charge in [0, 0.05) is 6.42 Å². The number of nitrogens with zero attached hydrogens (tertiary/aromatic N) is 1. The molecule has 4 nitrogen and oxygen atoms in total. The van der Waals surface area contributed by atoms with Crippen LogP contribution in [0, 0.1) is 6.61 Å². The Bertz CT molecular complexity index is 185. The summed E-state index contributed by atoms with van der Waals surface area (Å²) < 4.78 is 4.62. The van der Waals surface area contributed by atoms with Gasteiger partial charge < -0.3 is 4.74 Å². The second-order valence-electron chi connectivity index (χ2n) is 2.51. The minimum atomic E-state index is -0.207. The third kappa shape index (κ3) is 8.76. The van der Waals surface area contributed by atoms with Crippen molar-refractivity contribution in [2.45, 2.75) is 32.6 Å². The van der Waals surface area contributed by atoms with E-state index in [1.54, 1.807) is 6.92 Å². The number of rotatable bonds is 7. The zero-order chi connectivity index (χ0) is 9.94. The van der Waals surface area contributed by atoms with E-state index in [9.17, 15) is 9.59 Å². The minimum absolute atomic E-state index is 0.207. The zero-order valence-corrected chi connectivity index (χ0v) is 7.78. The molecule has 0 unspecified atom stereocenters. The van der Waals surface area contributed by atoms with E-state index in [-0.39, 0.29) is 5.97 Å². The van der Waals surface area contributed by atoms with Crippen LogP contribution in [0.4, 0.5) is 0 Å². The number of unbranched alkanes of at least 4 members (excludes halogenated alkanes) is 2. The van der Waals surface area contributed by atoms with E-state index in [1.807, 2.05) is 0 Å². The smallest absolute Gasteiger partial charge is 0.306 e. The summed E-state index contributed by atoms with van der Waals surface area (Å²) >= 11 is 0. The summed E-state index contributed by atoms with van der Waals surface area (Å²) in [4.78, 5) is 23.9. The number of carbonyl (C=O) groups is 1. The average molecular weight is 184 g/mol. The average Bonchev–Trinajstić information content (AvgIpc) is 2.11. The third-order valence-corrected chi connectivity index (χ3v) is 1.46. The van der Waals surface area contributed by atoms with Crippen LogP contribution in [0.3, 0.4) is 0 Å². The highest BCUT2D eigenvalue weighted by Crippen LogP contribution is 2.01. The molecule has 0 heterocycles. The van der Waals surface area contributed by atoms with Crippen LogP contribution in [-0.2, 0) is 14.3 Å². The Morgan fingerprint density at radius 1 is 1.46 bits per heavy atom. The van der Waals surface area contributed by atoms with Crippen LogP contribution in [0.5, 0.6) is 0 Å². The lowest BCUT2D eigenvalue weighted by atomic mass is 10.2. The van der Waals surface area contributed by atoms with E-state index in [0.29, 0.717) is 13.0 Å². The van der Waals surface area contributed by atoms with E-state index in [4.69, 9.17) is 0 Å². The summed E-state index contributed by atoms with van der Waals surface area (Å²) in [5.74, 6) is -0.207. The van der Waals surface area contributed by atoms with Gasteiger partial charge >= 0.3 is 5.97 Å².